The molecular formula is C10H14BrClN4O. The van der Waals surface area contributed by atoms with Crippen molar-refractivity contribution < 1.29 is 5.21 Å². The van der Waals surface area contributed by atoms with Crippen LogP contribution in [0, 0.1) is 0 Å². The molecule has 0 radical (unpaired) electrons. The maximum Gasteiger partial charge on any atom is 0.142 e. The van der Waals surface area contributed by atoms with E-state index < -0.39 is 0 Å². The van der Waals surface area contributed by atoms with Crippen LogP contribution in [0.1, 0.15) is 13.3 Å². The highest BCUT2D eigenvalue weighted by atomic mass is 79.9. The summed E-state index contributed by atoms with van der Waals surface area (Å²) in [5.41, 5.74) is 5.47. The number of halogens is 2. The molecule has 1 aromatic rings. The molecule has 3 N–H and O–H groups in total. The van der Waals surface area contributed by atoms with Gasteiger partial charge in [0.15, 0.2) is 0 Å². The van der Waals surface area contributed by atoms with Gasteiger partial charge in [-0.05, 0) is 28.9 Å². The standard InChI is InChI=1S/C10H14BrClN4O/c1-6(3-9(13)15-17)16(2)10-8(11)4-7(12)5-14-10/h4-6,17H,3H2,1-2H3,(H2,13,15). The van der Waals surface area contributed by atoms with Gasteiger partial charge in [0.1, 0.15) is 11.7 Å². The van der Waals surface area contributed by atoms with E-state index in [0.29, 0.717) is 11.4 Å². The molecule has 1 atom stereocenters. The Morgan fingerprint density at radius 1 is 1.76 bits per heavy atom. The van der Waals surface area contributed by atoms with Crippen LogP contribution in [0.3, 0.4) is 0 Å². The predicted octanol–water partition coefficient (Wildman–Crippen LogP) is 2.46. The highest BCUT2D eigenvalue weighted by Gasteiger charge is 2.15. The van der Waals surface area contributed by atoms with Gasteiger partial charge in [-0.15, -0.1) is 0 Å². The quantitative estimate of drug-likeness (QED) is 0.387. The van der Waals surface area contributed by atoms with Crippen molar-refractivity contribution in [2.75, 3.05) is 11.9 Å². The molecule has 0 aromatic carbocycles. The van der Waals surface area contributed by atoms with Crippen molar-refractivity contribution >= 4 is 39.2 Å². The predicted molar refractivity (Wildman–Crippen MR) is 72.8 cm³/mol. The van der Waals surface area contributed by atoms with Crippen molar-refractivity contribution in [1.82, 2.24) is 4.98 Å². The number of pyridine rings is 1. The Bertz CT molecular complexity index is 427. The maximum absolute atomic E-state index is 8.53. The second kappa shape index (κ2) is 6.07. The van der Waals surface area contributed by atoms with E-state index in [4.69, 9.17) is 22.5 Å². The van der Waals surface area contributed by atoms with Gasteiger partial charge in [0, 0.05) is 25.7 Å². The summed E-state index contributed by atoms with van der Waals surface area (Å²) in [6.07, 6.45) is 2.03. The summed E-state index contributed by atoms with van der Waals surface area (Å²) in [6.45, 7) is 1.96. The lowest BCUT2D eigenvalue weighted by Crippen LogP contribution is -2.33. The number of aromatic nitrogens is 1. The number of amidine groups is 1. The molecule has 7 heteroatoms. The Hall–Kier alpha value is -1.01. The fourth-order valence-electron chi connectivity index (χ4n) is 1.36. The summed E-state index contributed by atoms with van der Waals surface area (Å²) < 4.78 is 0.804. The van der Waals surface area contributed by atoms with E-state index in [1.165, 1.54) is 0 Å². The minimum Gasteiger partial charge on any atom is -0.409 e. The number of oxime groups is 1. The molecule has 1 aromatic heterocycles. The first-order valence-corrected chi connectivity index (χ1v) is 6.13. The molecule has 0 fully saturated rings. The van der Waals surface area contributed by atoms with E-state index in [1.807, 2.05) is 18.9 Å². The fourth-order valence-corrected chi connectivity index (χ4v) is 2.27. The summed E-state index contributed by atoms with van der Waals surface area (Å²) in [5, 5.41) is 12.1. The molecule has 0 spiro atoms. The van der Waals surface area contributed by atoms with Gasteiger partial charge in [-0.3, -0.25) is 0 Å². The van der Waals surface area contributed by atoms with Crippen LogP contribution in [-0.4, -0.2) is 29.1 Å². The average Bonchev–Trinajstić information content (AvgIpc) is 2.28. The van der Waals surface area contributed by atoms with Gasteiger partial charge in [-0.2, -0.15) is 0 Å². The van der Waals surface area contributed by atoms with Gasteiger partial charge in [0.2, 0.25) is 0 Å². The van der Waals surface area contributed by atoms with Gasteiger partial charge in [0.05, 0.1) is 9.50 Å². The van der Waals surface area contributed by atoms with Crippen LogP contribution in [0.25, 0.3) is 0 Å². The minimum atomic E-state index is 0.0517. The van der Waals surface area contributed by atoms with Gasteiger partial charge in [0.25, 0.3) is 0 Å². The van der Waals surface area contributed by atoms with Crippen molar-refractivity contribution in [3.8, 4) is 0 Å². The lowest BCUT2D eigenvalue weighted by atomic mass is 10.2. The minimum absolute atomic E-state index is 0.0517. The number of hydrogen-bond donors (Lipinski definition) is 2. The monoisotopic (exact) mass is 320 g/mol. The van der Waals surface area contributed by atoms with Gasteiger partial charge in [-0.1, -0.05) is 16.8 Å². The van der Waals surface area contributed by atoms with Crippen LogP contribution >= 0.6 is 27.5 Å². The molecule has 5 nitrogen and oxygen atoms in total. The molecule has 0 aliphatic rings. The second-order valence-electron chi connectivity index (χ2n) is 3.71. The normalized spacial score (nSPS) is 13.5. The molecule has 0 bridgehead atoms. The van der Waals surface area contributed by atoms with Crippen LogP contribution in [0.5, 0.6) is 0 Å². The zero-order valence-electron chi connectivity index (χ0n) is 9.56. The van der Waals surface area contributed by atoms with Gasteiger partial charge >= 0.3 is 0 Å². The molecule has 0 amide bonds. The molecule has 17 heavy (non-hydrogen) atoms. The van der Waals surface area contributed by atoms with Crippen LogP contribution in [0.2, 0.25) is 5.02 Å². The Balaban J connectivity index is 2.85. The van der Waals surface area contributed by atoms with Crippen LogP contribution in [-0.2, 0) is 0 Å². The summed E-state index contributed by atoms with van der Waals surface area (Å²) in [6, 6.07) is 1.83. The van der Waals surface area contributed by atoms with E-state index >= 15 is 0 Å². The Kier molecular flexibility index (Phi) is 5.02. The summed E-state index contributed by atoms with van der Waals surface area (Å²) in [7, 11) is 1.89. The van der Waals surface area contributed by atoms with Crippen molar-refractivity contribution in [1.29, 1.82) is 0 Å². The summed E-state index contributed by atoms with van der Waals surface area (Å²) >= 11 is 9.22. The van der Waals surface area contributed by atoms with Crippen LogP contribution in [0.15, 0.2) is 21.9 Å². The molecule has 0 saturated carbocycles. The van der Waals surface area contributed by atoms with Crippen molar-refractivity contribution in [3.63, 3.8) is 0 Å². The first kappa shape index (κ1) is 14.1. The molecule has 94 valence electrons. The number of rotatable bonds is 4. The second-order valence-corrected chi connectivity index (χ2v) is 5.01. The molecule has 1 heterocycles. The zero-order chi connectivity index (χ0) is 13.0. The molecule has 0 aliphatic heterocycles. The van der Waals surface area contributed by atoms with Crippen molar-refractivity contribution in [2.24, 2.45) is 10.9 Å². The third kappa shape index (κ3) is 3.74. The van der Waals surface area contributed by atoms with Gasteiger partial charge in [-0.25, -0.2) is 4.98 Å². The topological polar surface area (TPSA) is 74.7 Å². The van der Waals surface area contributed by atoms with Gasteiger partial charge < -0.3 is 15.8 Å². The SMILES string of the molecule is CC(CC(N)=NO)N(C)c1ncc(Cl)cc1Br. The molecule has 0 saturated heterocycles. The van der Waals surface area contributed by atoms with E-state index in [-0.39, 0.29) is 11.9 Å². The number of nitrogens with two attached hydrogens (primary N) is 1. The fraction of sp³-hybridized carbons (Fsp3) is 0.400. The Morgan fingerprint density at radius 3 is 2.94 bits per heavy atom. The number of hydrogen-bond acceptors (Lipinski definition) is 4. The van der Waals surface area contributed by atoms with Crippen LogP contribution < -0.4 is 10.6 Å². The van der Waals surface area contributed by atoms with Crippen molar-refractivity contribution in [2.45, 2.75) is 19.4 Å². The van der Waals surface area contributed by atoms with E-state index in [0.717, 1.165) is 10.3 Å². The maximum atomic E-state index is 8.53. The summed E-state index contributed by atoms with van der Waals surface area (Å²) in [4.78, 5) is 6.16. The Labute approximate surface area is 113 Å². The zero-order valence-corrected chi connectivity index (χ0v) is 11.9. The van der Waals surface area contributed by atoms with E-state index in [1.54, 1.807) is 12.3 Å². The molecule has 1 rings (SSSR count). The van der Waals surface area contributed by atoms with E-state index in [2.05, 4.69) is 26.1 Å². The summed E-state index contributed by atoms with van der Waals surface area (Å²) in [5.74, 6) is 0.946. The largest absolute Gasteiger partial charge is 0.409 e. The first-order valence-electron chi connectivity index (χ1n) is 4.96. The highest BCUT2D eigenvalue weighted by Crippen LogP contribution is 2.27. The lowest BCUT2D eigenvalue weighted by Gasteiger charge is -2.26. The lowest BCUT2D eigenvalue weighted by molar-refractivity contribution is 0.316. The number of nitrogens with zero attached hydrogens (tertiary/aromatic N) is 3. The third-order valence-corrected chi connectivity index (χ3v) is 3.21. The molecular weight excluding hydrogens is 307 g/mol. The molecule has 0 aliphatic carbocycles. The smallest absolute Gasteiger partial charge is 0.142 e. The van der Waals surface area contributed by atoms with Crippen LogP contribution in [0.4, 0.5) is 5.82 Å². The van der Waals surface area contributed by atoms with Crippen molar-refractivity contribution in [3.05, 3.63) is 21.8 Å². The number of anilines is 1. The Morgan fingerprint density at radius 2 is 2.41 bits per heavy atom. The first-order chi connectivity index (χ1) is 7.95. The highest BCUT2D eigenvalue weighted by molar-refractivity contribution is 9.10. The average molecular weight is 322 g/mol. The third-order valence-electron chi connectivity index (χ3n) is 2.42. The molecule has 1 unspecified atom stereocenters. The van der Waals surface area contributed by atoms with E-state index in [9.17, 15) is 0 Å².